The Hall–Kier alpha value is -1.33. The van der Waals surface area contributed by atoms with Gasteiger partial charge in [0.05, 0.1) is 6.04 Å². The molecule has 1 saturated heterocycles. The number of hydrogen-bond acceptors (Lipinski definition) is 3. The number of Topliss-reactive ketones (excluding diaryl/α,β-unsaturated/α-hetero) is 1. The number of amides is 2. The van der Waals surface area contributed by atoms with Gasteiger partial charge in [0.2, 0.25) is 5.91 Å². The molecule has 0 spiro atoms. The molecule has 2 amide bonds. The number of likely N-dealkylation sites (tertiary alicyclic amines) is 1. The summed E-state index contributed by atoms with van der Waals surface area (Å²) in [6, 6.07) is -0.328. The van der Waals surface area contributed by atoms with Gasteiger partial charge in [-0.2, -0.15) is 0 Å². The maximum atomic E-state index is 11.7. The number of carbonyl (C=O) groups excluding carboxylic acids is 3. The van der Waals surface area contributed by atoms with E-state index < -0.39 is 0 Å². The molecule has 1 aliphatic rings. The van der Waals surface area contributed by atoms with Crippen LogP contribution in [0.4, 0.5) is 4.79 Å². The average molecular weight is 223 g/mol. The van der Waals surface area contributed by atoms with E-state index in [1.54, 1.807) is 0 Å². The third kappa shape index (κ3) is 3.36. The number of piperidine rings is 1. The quantitative estimate of drug-likeness (QED) is 0.700. The van der Waals surface area contributed by atoms with Gasteiger partial charge in [0, 0.05) is 13.5 Å². The van der Waals surface area contributed by atoms with E-state index in [-0.39, 0.29) is 23.5 Å². The number of nitrogens with one attached hydrogen (secondary N) is 1. The summed E-state index contributed by atoms with van der Waals surface area (Å²) in [6.45, 7) is 3.41. The van der Waals surface area contributed by atoms with Crippen LogP contribution in [0.25, 0.3) is 0 Å². The van der Waals surface area contributed by atoms with Crippen LogP contribution in [0.15, 0.2) is 0 Å². The van der Waals surface area contributed by atoms with Gasteiger partial charge in [-0.1, -0.05) is 0 Å². The summed E-state index contributed by atoms with van der Waals surface area (Å²) in [5, 5.41) is 2.34. The lowest BCUT2D eigenvalue weighted by Crippen LogP contribution is -2.51. The van der Waals surface area contributed by atoms with Crippen LogP contribution in [-0.2, 0) is 9.59 Å². The first-order valence-electron chi connectivity index (χ1n) is 5.43. The first kappa shape index (κ1) is 12.7. The van der Waals surface area contributed by atoms with E-state index in [1.165, 1.54) is 18.7 Å². The number of ketones is 1. The summed E-state index contributed by atoms with van der Waals surface area (Å²) in [7, 11) is 1.13. The molecule has 1 heterocycles. The van der Waals surface area contributed by atoms with E-state index in [1.807, 2.05) is 0 Å². The highest BCUT2D eigenvalue weighted by Gasteiger charge is 2.29. The zero-order chi connectivity index (χ0) is 12.1. The van der Waals surface area contributed by atoms with Crippen molar-refractivity contribution in [2.24, 2.45) is 0 Å². The van der Waals surface area contributed by atoms with Crippen molar-refractivity contribution in [3.63, 3.8) is 0 Å². The molecule has 1 N–H and O–H groups in total. The molecule has 0 aromatic rings. The summed E-state index contributed by atoms with van der Waals surface area (Å²) in [6.07, 6.45) is 2.59. The van der Waals surface area contributed by atoms with E-state index in [0.29, 0.717) is 6.54 Å². The van der Waals surface area contributed by atoms with Crippen LogP contribution in [-0.4, -0.2) is 42.4 Å². The Morgan fingerprint density at radius 3 is 2.50 bits per heavy atom. The fourth-order valence-electron chi connectivity index (χ4n) is 1.86. The van der Waals surface area contributed by atoms with Crippen LogP contribution in [0.3, 0.4) is 0 Å². The summed E-state index contributed by atoms with van der Waals surface area (Å²) in [5.74, 6) is -0.580. The molecule has 0 aromatic heterocycles. The number of hydrogen-bond donors (Lipinski definition) is 1. The second-order valence-electron chi connectivity index (χ2n) is 4.00. The maximum Gasteiger partial charge on any atom is 0.364 e. The lowest BCUT2D eigenvalue weighted by atomic mass is 9.88. The molecule has 0 saturated carbocycles. The molecule has 1 fully saturated rings. The van der Waals surface area contributed by atoms with Crippen LogP contribution in [0.1, 0.15) is 33.1 Å². The highest BCUT2D eigenvalue weighted by Crippen LogP contribution is 2.17. The fraction of sp³-hybridized carbons (Fsp3) is 0.700. The van der Waals surface area contributed by atoms with Gasteiger partial charge in [-0.15, -0.1) is 0 Å². The minimum Gasteiger partial charge on any atom is -0.394 e. The molecule has 1 unspecified atom stereocenters. The third-order valence-electron chi connectivity index (χ3n) is 2.65. The molecule has 5 nitrogen and oxygen atoms in total. The highest BCUT2D eigenvalue weighted by molar-refractivity contribution is 6.73. The first-order chi connectivity index (χ1) is 7.52. The number of carbonyl (C=O) groups is 3. The van der Waals surface area contributed by atoms with Crippen molar-refractivity contribution in [2.75, 3.05) is 6.54 Å². The Kier molecular flexibility index (Phi) is 4.52. The molecule has 0 aromatic carbocycles. The van der Waals surface area contributed by atoms with Crippen molar-refractivity contribution >= 4 is 24.9 Å². The highest BCUT2D eigenvalue weighted by atomic mass is 16.2. The summed E-state index contributed by atoms with van der Waals surface area (Å²) < 4.78 is 0. The minimum atomic E-state index is -0.328. The lowest BCUT2D eigenvalue weighted by Gasteiger charge is -2.34. The zero-order valence-corrected chi connectivity index (χ0v) is 9.66. The molecule has 0 bridgehead atoms. The largest absolute Gasteiger partial charge is 0.394 e. The number of rotatable bonds is 3. The summed E-state index contributed by atoms with van der Waals surface area (Å²) >= 11 is 0. The Morgan fingerprint density at radius 1 is 1.25 bits per heavy atom. The normalized spacial score (nSPS) is 20.1. The lowest BCUT2D eigenvalue weighted by molar-refractivity contribution is -0.122. The zero-order valence-electron chi connectivity index (χ0n) is 9.66. The molecule has 1 radical (unpaired) electrons. The molecule has 87 valence electrons. The van der Waals surface area contributed by atoms with Crippen LogP contribution in [0.5, 0.6) is 0 Å². The standard InChI is InChI=1S/C10H16BN2O3/c1-7(14)9-5-3-4-6-13(9)10(16)11-12-8(2)15/h9H,3-6H2,1-2H3,(H,12,15). The Labute approximate surface area is 95.8 Å². The SMILES string of the molecule is CC(=O)N[B]C(=O)N1CCCCC1C(C)=O. The van der Waals surface area contributed by atoms with Gasteiger partial charge in [-0.3, -0.25) is 14.4 Å². The van der Waals surface area contributed by atoms with Crippen molar-refractivity contribution in [2.45, 2.75) is 39.2 Å². The molecular formula is C10H16BN2O3. The molecule has 1 rings (SSSR count). The average Bonchev–Trinajstić information content (AvgIpc) is 2.25. The van der Waals surface area contributed by atoms with E-state index in [9.17, 15) is 14.4 Å². The van der Waals surface area contributed by atoms with E-state index in [4.69, 9.17) is 0 Å². The van der Waals surface area contributed by atoms with E-state index >= 15 is 0 Å². The second-order valence-corrected chi connectivity index (χ2v) is 4.00. The van der Waals surface area contributed by atoms with Gasteiger partial charge >= 0.3 is 7.41 Å². The predicted molar refractivity (Wildman–Crippen MR) is 60.0 cm³/mol. The smallest absolute Gasteiger partial charge is 0.364 e. The first-order valence-corrected chi connectivity index (χ1v) is 5.43. The van der Waals surface area contributed by atoms with E-state index in [2.05, 4.69) is 5.23 Å². The van der Waals surface area contributed by atoms with Crippen molar-refractivity contribution in [3.8, 4) is 0 Å². The number of nitrogens with zero attached hydrogens (tertiary/aromatic N) is 1. The topological polar surface area (TPSA) is 66.5 Å². The van der Waals surface area contributed by atoms with Crippen LogP contribution in [0, 0.1) is 0 Å². The van der Waals surface area contributed by atoms with Crippen LogP contribution >= 0.6 is 0 Å². The molecule has 16 heavy (non-hydrogen) atoms. The van der Waals surface area contributed by atoms with Crippen LogP contribution in [0.2, 0.25) is 0 Å². The predicted octanol–water partition coefficient (Wildman–Crippen LogP) is 0.305. The van der Waals surface area contributed by atoms with Gasteiger partial charge in [0.15, 0.2) is 11.6 Å². The Bertz CT molecular complexity index is 306. The molecule has 0 aliphatic carbocycles. The second kappa shape index (κ2) is 5.68. The maximum absolute atomic E-state index is 11.7. The Morgan fingerprint density at radius 2 is 1.94 bits per heavy atom. The minimum absolute atomic E-state index is 0.00396. The monoisotopic (exact) mass is 223 g/mol. The van der Waals surface area contributed by atoms with Crippen molar-refractivity contribution in [3.05, 3.63) is 0 Å². The fourth-order valence-corrected chi connectivity index (χ4v) is 1.86. The van der Waals surface area contributed by atoms with E-state index in [0.717, 1.165) is 26.7 Å². The molecule has 1 aliphatic heterocycles. The summed E-state index contributed by atoms with van der Waals surface area (Å²) in [4.78, 5) is 35.3. The van der Waals surface area contributed by atoms with Gasteiger partial charge in [-0.05, 0) is 26.2 Å². The van der Waals surface area contributed by atoms with Gasteiger partial charge < -0.3 is 10.1 Å². The molecular weight excluding hydrogens is 207 g/mol. The van der Waals surface area contributed by atoms with Gasteiger partial charge in [0.25, 0.3) is 0 Å². The summed E-state index contributed by atoms with van der Waals surface area (Å²) in [5.41, 5.74) is 0. The van der Waals surface area contributed by atoms with Gasteiger partial charge in [0.1, 0.15) is 0 Å². The van der Waals surface area contributed by atoms with Crippen molar-refractivity contribution in [1.82, 2.24) is 10.1 Å². The van der Waals surface area contributed by atoms with Crippen molar-refractivity contribution < 1.29 is 14.4 Å². The molecule has 6 heteroatoms. The van der Waals surface area contributed by atoms with Crippen molar-refractivity contribution in [1.29, 1.82) is 0 Å². The Balaban J connectivity index is 2.57. The third-order valence-corrected chi connectivity index (χ3v) is 2.65. The molecule has 1 atom stereocenters. The van der Waals surface area contributed by atoms with Gasteiger partial charge in [-0.25, -0.2) is 0 Å². The van der Waals surface area contributed by atoms with Crippen LogP contribution < -0.4 is 5.23 Å².